The van der Waals surface area contributed by atoms with Crippen molar-refractivity contribution in [1.82, 2.24) is 20.8 Å². The van der Waals surface area contributed by atoms with E-state index in [0.717, 1.165) is 0 Å². The van der Waals surface area contributed by atoms with E-state index in [1.807, 2.05) is 6.92 Å². The Labute approximate surface area is 99.1 Å². The van der Waals surface area contributed by atoms with Crippen molar-refractivity contribution in [1.29, 1.82) is 0 Å². The van der Waals surface area contributed by atoms with Crippen LogP contribution in [0.3, 0.4) is 0 Å². The third-order valence-electron chi connectivity index (χ3n) is 2.29. The van der Waals surface area contributed by atoms with Crippen molar-refractivity contribution in [3.63, 3.8) is 0 Å². The molecular formula is C10H17N5O2. The summed E-state index contributed by atoms with van der Waals surface area (Å²) in [5, 5.41) is 11.5. The van der Waals surface area contributed by atoms with Gasteiger partial charge in [-0.2, -0.15) is 5.10 Å². The first-order valence-corrected chi connectivity index (χ1v) is 5.36. The average molecular weight is 239 g/mol. The van der Waals surface area contributed by atoms with Crippen LogP contribution in [0.15, 0.2) is 0 Å². The molecule has 94 valence electrons. The van der Waals surface area contributed by atoms with Gasteiger partial charge in [-0.15, -0.1) is 0 Å². The van der Waals surface area contributed by atoms with E-state index >= 15 is 0 Å². The lowest BCUT2D eigenvalue weighted by molar-refractivity contribution is -0.122. The first-order valence-electron chi connectivity index (χ1n) is 5.36. The maximum absolute atomic E-state index is 11.8. The predicted molar refractivity (Wildman–Crippen MR) is 63.3 cm³/mol. The number of nitrogens with two attached hydrogens (primary N) is 1. The number of amides is 2. The molecule has 17 heavy (non-hydrogen) atoms. The molecule has 0 spiro atoms. The van der Waals surface area contributed by atoms with Crippen LogP contribution in [0, 0.1) is 6.92 Å². The summed E-state index contributed by atoms with van der Waals surface area (Å²) in [5.74, 6) is -0.517. The fourth-order valence-corrected chi connectivity index (χ4v) is 1.40. The zero-order valence-corrected chi connectivity index (χ0v) is 10.1. The van der Waals surface area contributed by atoms with Gasteiger partial charge in [0, 0.05) is 12.2 Å². The Balaban J connectivity index is 2.70. The number of anilines is 1. The van der Waals surface area contributed by atoms with Crippen LogP contribution in [0.1, 0.15) is 29.9 Å². The van der Waals surface area contributed by atoms with E-state index in [2.05, 4.69) is 20.8 Å². The number of carbonyl (C=O) groups is 2. The zero-order valence-electron chi connectivity index (χ0n) is 10.1. The van der Waals surface area contributed by atoms with Crippen LogP contribution in [0.5, 0.6) is 0 Å². The normalized spacial score (nSPS) is 11.9. The molecule has 1 atom stereocenters. The molecule has 0 radical (unpaired) electrons. The Bertz CT molecular complexity index is 407. The molecule has 0 aliphatic heterocycles. The molecule has 1 rings (SSSR count). The third kappa shape index (κ3) is 2.96. The monoisotopic (exact) mass is 239 g/mol. The summed E-state index contributed by atoms with van der Waals surface area (Å²) in [6.07, 6.45) is 0. The van der Waals surface area contributed by atoms with Gasteiger partial charge in [0.05, 0.1) is 0 Å². The number of carbonyl (C=O) groups excluding carboxylic acids is 2. The highest BCUT2D eigenvalue weighted by Gasteiger charge is 2.20. The Kier molecular flexibility index (Phi) is 4.08. The largest absolute Gasteiger partial charge is 0.382 e. The lowest BCUT2D eigenvalue weighted by Crippen LogP contribution is -2.44. The number of nitrogens with one attached hydrogen (secondary N) is 3. The lowest BCUT2D eigenvalue weighted by Gasteiger charge is -2.13. The summed E-state index contributed by atoms with van der Waals surface area (Å²) in [7, 11) is 0. The number of aromatic nitrogens is 2. The molecule has 1 aromatic rings. The van der Waals surface area contributed by atoms with Crippen molar-refractivity contribution in [3.05, 3.63) is 11.3 Å². The molecule has 0 aliphatic carbocycles. The van der Waals surface area contributed by atoms with E-state index in [9.17, 15) is 9.59 Å². The van der Waals surface area contributed by atoms with Crippen LogP contribution in [0.2, 0.25) is 0 Å². The average Bonchev–Trinajstić information content (AvgIpc) is 2.58. The Morgan fingerprint density at radius 1 is 1.53 bits per heavy atom. The summed E-state index contributed by atoms with van der Waals surface area (Å²) in [5.41, 5.74) is 6.40. The molecule has 1 aromatic heterocycles. The number of aromatic amines is 1. The van der Waals surface area contributed by atoms with Gasteiger partial charge in [-0.1, -0.05) is 0 Å². The standard InChI is InChI=1S/C10H17N5O2/c1-4-12-9(16)6(3)13-10(17)7-5(2)14-15-8(7)11/h6H,4H2,1-3H3,(H,12,16)(H,13,17)(H3,11,14,15). The van der Waals surface area contributed by atoms with E-state index in [1.165, 1.54) is 0 Å². The topological polar surface area (TPSA) is 113 Å². The van der Waals surface area contributed by atoms with Crippen molar-refractivity contribution < 1.29 is 9.59 Å². The summed E-state index contributed by atoms with van der Waals surface area (Å²) in [4.78, 5) is 23.3. The number of nitrogen functional groups attached to an aromatic ring is 1. The second-order valence-corrected chi connectivity index (χ2v) is 3.70. The lowest BCUT2D eigenvalue weighted by atomic mass is 10.2. The molecule has 0 fully saturated rings. The van der Waals surface area contributed by atoms with E-state index in [-0.39, 0.29) is 17.3 Å². The van der Waals surface area contributed by atoms with E-state index in [1.54, 1.807) is 13.8 Å². The molecule has 5 N–H and O–H groups in total. The number of rotatable bonds is 4. The number of H-pyrrole nitrogens is 1. The van der Waals surface area contributed by atoms with Crippen molar-refractivity contribution in [2.75, 3.05) is 12.3 Å². The van der Waals surface area contributed by atoms with Crippen LogP contribution in [0.25, 0.3) is 0 Å². The molecular weight excluding hydrogens is 222 g/mol. The maximum Gasteiger partial charge on any atom is 0.257 e. The smallest absolute Gasteiger partial charge is 0.257 e. The number of hydrogen-bond donors (Lipinski definition) is 4. The fraction of sp³-hybridized carbons (Fsp3) is 0.500. The van der Waals surface area contributed by atoms with Gasteiger partial charge in [0.1, 0.15) is 11.6 Å². The van der Waals surface area contributed by atoms with Crippen LogP contribution in [0.4, 0.5) is 5.82 Å². The molecule has 1 heterocycles. The number of nitrogens with zero attached hydrogens (tertiary/aromatic N) is 1. The van der Waals surface area contributed by atoms with Crippen molar-refractivity contribution in [2.45, 2.75) is 26.8 Å². The summed E-state index contributed by atoms with van der Waals surface area (Å²) in [6.45, 7) is 5.63. The van der Waals surface area contributed by atoms with Crippen molar-refractivity contribution in [3.8, 4) is 0 Å². The molecule has 1 unspecified atom stereocenters. The van der Waals surface area contributed by atoms with Crippen LogP contribution >= 0.6 is 0 Å². The summed E-state index contributed by atoms with van der Waals surface area (Å²) >= 11 is 0. The maximum atomic E-state index is 11.8. The fourth-order valence-electron chi connectivity index (χ4n) is 1.40. The number of aryl methyl sites for hydroxylation is 1. The van der Waals surface area contributed by atoms with Crippen molar-refractivity contribution >= 4 is 17.6 Å². The zero-order chi connectivity index (χ0) is 13.0. The van der Waals surface area contributed by atoms with Crippen LogP contribution < -0.4 is 16.4 Å². The van der Waals surface area contributed by atoms with Crippen LogP contribution in [-0.2, 0) is 4.79 Å². The highest BCUT2D eigenvalue weighted by molar-refractivity contribution is 6.01. The van der Waals surface area contributed by atoms with Gasteiger partial charge >= 0.3 is 0 Å². The number of hydrogen-bond acceptors (Lipinski definition) is 4. The molecule has 2 amide bonds. The SMILES string of the molecule is CCNC(=O)C(C)NC(=O)c1c(N)n[nH]c1C. The molecule has 0 aromatic carbocycles. The Morgan fingerprint density at radius 2 is 2.18 bits per heavy atom. The second kappa shape index (κ2) is 5.33. The van der Waals surface area contributed by atoms with Gasteiger partial charge < -0.3 is 16.4 Å². The minimum Gasteiger partial charge on any atom is -0.382 e. The quantitative estimate of drug-likeness (QED) is 0.570. The second-order valence-electron chi connectivity index (χ2n) is 3.70. The molecule has 0 saturated heterocycles. The van der Waals surface area contributed by atoms with Crippen LogP contribution in [-0.4, -0.2) is 34.6 Å². The van der Waals surface area contributed by atoms with Gasteiger partial charge in [-0.05, 0) is 20.8 Å². The van der Waals surface area contributed by atoms with Gasteiger partial charge in [0.25, 0.3) is 5.91 Å². The molecule has 0 saturated carbocycles. The molecule has 7 heteroatoms. The van der Waals surface area contributed by atoms with Gasteiger partial charge in [0.2, 0.25) is 5.91 Å². The first kappa shape index (κ1) is 13.0. The summed E-state index contributed by atoms with van der Waals surface area (Å²) in [6, 6.07) is -0.615. The highest BCUT2D eigenvalue weighted by Crippen LogP contribution is 2.11. The van der Waals surface area contributed by atoms with Crippen molar-refractivity contribution in [2.24, 2.45) is 0 Å². The highest BCUT2D eigenvalue weighted by atomic mass is 16.2. The van der Waals surface area contributed by atoms with E-state index in [4.69, 9.17) is 5.73 Å². The first-order chi connectivity index (χ1) is 7.97. The summed E-state index contributed by atoms with van der Waals surface area (Å²) < 4.78 is 0. The van der Waals surface area contributed by atoms with Gasteiger partial charge in [0.15, 0.2) is 5.82 Å². The van der Waals surface area contributed by atoms with Gasteiger partial charge in [-0.25, -0.2) is 0 Å². The number of likely N-dealkylation sites (N-methyl/N-ethyl adjacent to an activating group) is 1. The Hall–Kier alpha value is -2.05. The van der Waals surface area contributed by atoms with Gasteiger partial charge in [-0.3, -0.25) is 14.7 Å². The third-order valence-corrected chi connectivity index (χ3v) is 2.29. The molecule has 0 bridgehead atoms. The predicted octanol–water partition coefficient (Wildman–Crippen LogP) is -0.445. The molecule has 7 nitrogen and oxygen atoms in total. The minimum atomic E-state index is -0.615. The minimum absolute atomic E-state index is 0.128. The van der Waals surface area contributed by atoms with E-state index < -0.39 is 11.9 Å². The Morgan fingerprint density at radius 3 is 2.65 bits per heavy atom. The molecule has 0 aliphatic rings. The van der Waals surface area contributed by atoms with E-state index in [0.29, 0.717) is 12.2 Å².